The van der Waals surface area contributed by atoms with Crippen molar-refractivity contribution in [2.24, 2.45) is 0 Å². The van der Waals surface area contributed by atoms with Crippen LogP contribution in [0.1, 0.15) is 58.4 Å². The fourth-order valence-electron chi connectivity index (χ4n) is 4.83. The number of hydrogen-bond donors (Lipinski definition) is 2. The van der Waals surface area contributed by atoms with Gasteiger partial charge < -0.3 is 24.9 Å². The number of halogens is 3. The number of nitrogens with one attached hydrogen (secondary N) is 2. The number of benzene rings is 1. The Morgan fingerprint density at radius 1 is 1.16 bits per heavy atom. The van der Waals surface area contributed by atoms with Crippen molar-refractivity contribution in [3.05, 3.63) is 64.0 Å². The Balaban J connectivity index is 1.21. The number of anilines is 2. The summed E-state index contributed by atoms with van der Waals surface area (Å²) in [6, 6.07) is 7.24. The quantitative estimate of drug-likeness (QED) is 0.364. The molecule has 5 rings (SSSR count). The van der Waals surface area contributed by atoms with Gasteiger partial charge in [0, 0.05) is 37.5 Å². The smallest absolute Gasteiger partial charge is 0.416 e. The molecule has 2 N–H and O–H groups in total. The van der Waals surface area contributed by atoms with Gasteiger partial charge in [-0.1, -0.05) is 0 Å². The molecule has 3 aromatic rings. The van der Waals surface area contributed by atoms with Gasteiger partial charge in [-0.3, -0.25) is 4.79 Å². The number of carbonyl (C=O) groups excluding carboxylic acids is 1. The lowest BCUT2D eigenvalue weighted by Crippen LogP contribution is -2.43. The van der Waals surface area contributed by atoms with Crippen molar-refractivity contribution in [3.63, 3.8) is 0 Å². The lowest BCUT2D eigenvalue weighted by atomic mass is 9.98. The summed E-state index contributed by atoms with van der Waals surface area (Å²) < 4.78 is 45.4. The third-order valence-electron chi connectivity index (χ3n) is 6.90. The Morgan fingerprint density at radius 3 is 2.61 bits per heavy atom. The molecule has 12 heteroatoms. The molecular weight excluding hydrogens is 535 g/mol. The van der Waals surface area contributed by atoms with Gasteiger partial charge >= 0.3 is 6.18 Å². The van der Waals surface area contributed by atoms with E-state index in [1.807, 2.05) is 17.0 Å². The Kier molecular flexibility index (Phi) is 7.89. The Labute approximate surface area is 228 Å². The van der Waals surface area contributed by atoms with Crippen LogP contribution in [0.3, 0.4) is 0 Å². The molecule has 2 aromatic heterocycles. The summed E-state index contributed by atoms with van der Waals surface area (Å²) >= 11 is 6.93. The minimum absolute atomic E-state index is 0.158. The van der Waals surface area contributed by atoms with E-state index in [1.54, 1.807) is 11.6 Å². The third-order valence-corrected chi connectivity index (χ3v) is 8.31. The van der Waals surface area contributed by atoms with Gasteiger partial charge in [-0.05, 0) is 68.2 Å². The van der Waals surface area contributed by atoms with E-state index in [0.29, 0.717) is 17.3 Å². The number of piperidine rings is 1. The van der Waals surface area contributed by atoms with E-state index in [4.69, 9.17) is 16.6 Å². The molecular formula is C26H28F3N5O2S2. The average Bonchev–Trinajstić information content (AvgIpc) is 3.69. The first-order valence-electron chi connectivity index (χ1n) is 12.6. The molecule has 7 nitrogen and oxygen atoms in total. The van der Waals surface area contributed by atoms with E-state index < -0.39 is 17.6 Å². The minimum atomic E-state index is -4.50. The van der Waals surface area contributed by atoms with Crippen LogP contribution in [-0.2, 0) is 12.7 Å². The monoisotopic (exact) mass is 563 g/mol. The molecule has 2 aliphatic heterocycles. The highest BCUT2D eigenvalue weighted by Crippen LogP contribution is 2.37. The van der Waals surface area contributed by atoms with Crippen LogP contribution in [0.25, 0.3) is 0 Å². The fraction of sp³-hybridized carbons (Fsp3) is 0.423. The van der Waals surface area contributed by atoms with E-state index in [2.05, 4.69) is 20.5 Å². The van der Waals surface area contributed by atoms with Crippen LogP contribution >= 0.6 is 23.6 Å². The number of furan rings is 1. The van der Waals surface area contributed by atoms with Crippen molar-refractivity contribution in [1.29, 1.82) is 0 Å². The predicted octanol–water partition coefficient (Wildman–Crippen LogP) is 5.86. The Bertz CT molecular complexity index is 1260. The van der Waals surface area contributed by atoms with Gasteiger partial charge in [-0.2, -0.15) is 13.2 Å². The van der Waals surface area contributed by atoms with E-state index in [-0.39, 0.29) is 17.3 Å². The summed E-state index contributed by atoms with van der Waals surface area (Å²) in [7, 11) is 0. The van der Waals surface area contributed by atoms with Crippen molar-refractivity contribution >= 4 is 45.9 Å². The van der Waals surface area contributed by atoms with Crippen LogP contribution in [0, 0.1) is 0 Å². The molecule has 0 spiro atoms. The first-order chi connectivity index (χ1) is 18.3. The van der Waals surface area contributed by atoms with Gasteiger partial charge in [0.1, 0.15) is 11.5 Å². The summed E-state index contributed by atoms with van der Waals surface area (Å²) in [6.45, 7) is 3.55. The Hall–Kier alpha value is -3.12. The number of aromatic nitrogens is 1. The van der Waals surface area contributed by atoms with Gasteiger partial charge in [-0.25, -0.2) is 4.98 Å². The SMILES string of the molecule is O=C(Nc1cc(C(F)(F)F)ccc1N1CCCC1)c1csc(C2CCN(C(=S)NCc3ccco3)CC2)n1. The van der Waals surface area contributed by atoms with Crippen LogP contribution in [0.2, 0.25) is 0 Å². The number of likely N-dealkylation sites (tertiary alicyclic amines) is 1. The van der Waals surface area contributed by atoms with Gasteiger partial charge in [0.15, 0.2) is 5.11 Å². The molecule has 0 aliphatic carbocycles. The third kappa shape index (κ3) is 6.12. The highest BCUT2D eigenvalue weighted by molar-refractivity contribution is 7.80. The molecule has 0 radical (unpaired) electrons. The number of thiazole rings is 1. The second-order valence-corrected chi connectivity index (χ2v) is 10.7. The maximum Gasteiger partial charge on any atom is 0.416 e. The number of amides is 1. The van der Waals surface area contributed by atoms with Crippen LogP contribution < -0.4 is 15.5 Å². The fourth-order valence-corrected chi connectivity index (χ4v) is 6.06. The van der Waals surface area contributed by atoms with E-state index in [0.717, 1.165) is 74.8 Å². The molecule has 2 saturated heterocycles. The lowest BCUT2D eigenvalue weighted by molar-refractivity contribution is -0.137. The van der Waals surface area contributed by atoms with E-state index in [1.165, 1.54) is 17.4 Å². The summed E-state index contributed by atoms with van der Waals surface area (Å²) in [5, 5.41) is 9.12. The summed E-state index contributed by atoms with van der Waals surface area (Å²) in [4.78, 5) is 21.7. The van der Waals surface area contributed by atoms with E-state index in [9.17, 15) is 18.0 Å². The lowest BCUT2D eigenvalue weighted by Gasteiger charge is -2.33. The summed E-state index contributed by atoms with van der Waals surface area (Å²) in [5.41, 5.74) is 0.180. The van der Waals surface area contributed by atoms with Crippen LogP contribution in [0.4, 0.5) is 24.5 Å². The largest absolute Gasteiger partial charge is 0.467 e. The van der Waals surface area contributed by atoms with Crippen LogP contribution in [0.5, 0.6) is 0 Å². The highest BCUT2D eigenvalue weighted by atomic mass is 32.1. The molecule has 0 saturated carbocycles. The maximum absolute atomic E-state index is 13.4. The summed E-state index contributed by atoms with van der Waals surface area (Å²) in [6.07, 6.45) is 0.733. The molecule has 202 valence electrons. The van der Waals surface area contributed by atoms with Crippen molar-refractivity contribution in [2.45, 2.75) is 44.3 Å². The van der Waals surface area contributed by atoms with Crippen molar-refractivity contribution in [1.82, 2.24) is 15.2 Å². The highest BCUT2D eigenvalue weighted by Gasteiger charge is 2.32. The van der Waals surface area contributed by atoms with Gasteiger partial charge in [0.05, 0.1) is 34.8 Å². The van der Waals surface area contributed by atoms with Crippen LogP contribution in [-0.4, -0.2) is 47.1 Å². The number of carbonyl (C=O) groups is 1. The number of rotatable bonds is 6. The van der Waals surface area contributed by atoms with Crippen molar-refractivity contribution < 1.29 is 22.4 Å². The van der Waals surface area contributed by atoms with Gasteiger partial charge in [-0.15, -0.1) is 11.3 Å². The van der Waals surface area contributed by atoms with Crippen molar-refractivity contribution in [2.75, 3.05) is 36.4 Å². The number of hydrogen-bond acceptors (Lipinski definition) is 6. The molecule has 2 aliphatic rings. The zero-order valence-electron chi connectivity index (χ0n) is 20.6. The first-order valence-corrected chi connectivity index (χ1v) is 13.8. The maximum atomic E-state index is 13.4. The zero-order chi connectivity index (χ0) is 26.7. The summed E-state index contributed by atoms with van der Waals surface area (Å²) in [5.74, 6) is 0.501. The van der Waals surface area contributed by atoms with Crippen LogP contribution in [0.15, 0.2) is 46.4 Å². The molecule has 1 amide bonds. The second kappa shape index (κ2) is 11.3. The van der Waals surface area contributed by atoms with Gasteiger partial charge in [0.25, 0.3) is 5.91 Å². The van der Waals surface area contributed by atoms with Gasteiger partial charge in [0.2, 0.25) is 0 Å². The standard InChI is InChI=1S/C26H28F3N5O2S2/c27-26(28,29)18-5-6-22(33-9-1-2-10-33)20(14-18)31-23(35)21-16-38-24(32-21)17-7-11-34(12-8-17)25(37)30-15-19-4-3-13-36-19/h3-6,13-14,16-17H,1-2,7-12,15H2,(H,30,37)(H,31,35). The molecule has 0 atom stereocenters. The molecule has 38 heavy (non-hydrogen) atoms. The molecule has 0 bridgehead atoms. The van der Waals surface area contributed by atoms with E-state index >= 15 is 0 Å². The molecule has 0 unspecified atom stereocenters. The zero-order valence-corrected chi connectivity index (χ0v) is 22.2. The predicted molar refractivity (Wildman–Crippen MR) is 145 cm³/mol. The number of nitrogens with zero attached hydrogens (tertiary/aromatic N) is 3. The topological polar surface area (TPSA) is 73.6 Å². The molecule has 2 fully saturated rings. The Morgan fingerprint density at radius 2 is 1.92 bits per heavy atom. The normalized spacial score (nSPS) is 16.6. The second-order valence-electron chi connectivity index (χ2n) is 9.45. The number of thiocarbonyl (C=S) groups is 1. The molecule has 1 aromatic carbocycles. The average molecular weight is 564 g/mol. The van der Waals surface area contributed by atoms with Crippen molar-refractivity contribution in [3.8, 4) is 0 Å². The minimum Gasteiger partial charge on any atom is -0.467 e. The first kappa shape index (κ1) is 26.5. The molecule has 4 heterocycles. The number of alkyl halides is 3.